The Morgan fingerprint density at radius 1 is 0.828 bits per heavy atom. The molecule has 0 atom stereocenters. The van der Waals surface area contributed by atoms with Gasteiger partial charge in [0.1, 0.15) is 17.2 Å². The molecule has 0 saturated heterocycles. The first-order chi connectivity index (χ1) is 14.1. The second-order valence-electron chi connectivity index (χ2n) is 5.99. The fraction of sp³-hybridized carbons (Fsp3) is 0.0476. The van der Waals surface area contributed by atoms with Gasteiger partial charge < -0.3 is 14.3 Å². The van der Waals surface area contributed by atoms with Crippen molar-refractivity contribution in [2.45, 2.75) is 0 Å². The number of imide groups is 1. The van der Waals surface area contributed by atoms with Crippen LogP contribution in [0, 0.1) is 0 Å². The van der Waals surface area contributed by atoms with Gasteiger partial charge in [-0.15, -0.1) is 0 Å². The molecule has 2 heterocycles. The third-order valence-electron chi connectivity index (χ3n) is 4.17. The number of hydrogen-bond donors (Lipinski definition) is 0. The largest absolute Gasteiger partial charge is 0.497 e. The number of methoxy groups -OCH3 is 1. The Kier molecular flexibility index (Phi) is 4.66. The van der Waals surface area contributed by atoms with Gasteiger partial charge in [-0.1, -0.05) is 17.2 Å². The number of fused-ring (bicyclic) bond motifs is 1. The van der Waals surface area contributed by atoms with Crippen LogP contribution in [0.5, 0.6) is 17.2 Å². The van der Waals surface area contributed by atoms with E-state index in [0.717, 1.165) is 0 Å². The minimum Gasteiger partial charge on any atom is -0.497 e. The summed E-state index contributed by atoms with van der Waals surface area (Å²) < 4.78 is 10.7. The van der Waals surface area contributed by atoms with E-state index in [1.54, 1.807) is 43.5 Å². The maximum absolute atomic E-state index is 12.3. The van der Waals surface area contributed by atoms with Gasteiger partial charge in [-0.05, 0) is 48.5 Å². The summed E-state index contributed by atoms with van der Waals surface area (Å²) in [6.07, 6.45) is 1.34. The average Bonchev–Trinajstić information content (AvgIpc) is 3.00. The van der Waals surface area contributed by atoms with Gasteiger partial charge in [0.25, 0.3) is 11.8 Å². The van der Waals surface area contributed by atoms with Crippen molar-refractivity contribution in [3.63, 3.8) is 0 Å². The van der Waals surface area contributed by atoms with Crippen LogP contribution in [0.25, 0.3) is 0 Å². The van der Waals surface area contributed by atoms with Crippen molar-refractivity contribution in [1.82, 2.24) is 10.0 Å². The highest BCUT2D eigenvalue weighted by atomic mass is 16.7. The highest BCUT2D eigenvalue weighted by molar-refractivity contribution is 6.21. The molecule has 0 N–H and O–H groups in total. The molecule has 144 valence electrons. The summed E-state index contributed by atoms with van der Waals surface area (Å²) in [5.74, 6) is -0.671. The molecular formula is C21H14N2O6. The summed E-state index contributed by atoms with van der Waals surface area (Å²) >= 11 is 0. The number of benzene rings is 2. The summed E-state index contributed by atoms with van der Waals surface area (Å²) in [5.41, 5.74) is 0.284. The summed E-state index contributed by atoms with van der Waals surface area (Å²) in [7, 11) is 1.57. The van der Waals surface area contributed by atoms with Crippen LogP contribution >= 0.6 is 0 Å². The number of ether oxygens (including phenoxy) is 2. The topological polar surface area (TPSA) is 95.0 Å². The maximum Gasteiger partial charge on any atom is 0.382 e. The minimum absolute atomic E-state index is 0.0800. The van der Waals surface area contributed by atoms with Crippen molar-refractivity contribution in [1.29, 1.82) is 0 Å². The van der Waals surface area contributed by atoms with Gasteiger partial charge in [0.2, 0.25) is 0 Å². The number of aromatic nitrogens is 1. The van der Waals surface area contributed by atoms with Crippen molar-refractivity contribution >= 4 is 17.8 Å². The fourth-order valence-electron chi connectivity index (χ4n) is 2.72. The third kappa shape index (κ3) is 3.51. The van der Waals surface area contributed by atoms with Crippen LogP contribution in [0.4, 0.5) is 0 Å². The molecule has 0 bridgehead atoms. The van der Waals surface area contributed by atoms with E-state index in [2.05, 4.69) is 4.98 Å². The van der Waals surface area contributed by atoms with Gasteiger partial charge in [-0.25, -0.2) is 9.78 Å². The van der Waals surface area contributed by atoms with E-state index in [4.69, 9.17) is 14.3 Å². The number of nitrogens with zero attached hydrogens (tertiary/aromatic N) is 2. The van der Waals surface area contributed by atoms with E-state index in [1.807, 2.05) is 0 Å². The first-order valence-electron chi connectivity index (χ1n) is 8.55. The maximum atomic E-state index is 12.3. The zero-order chi connectivity index (χ0) is 20.4. The van der Waals surface area contributed by atoms with Crippen molar-refractivity contribution in [2.75, 3.05) is 7.11 Å². The summed E-state index contributed by atoms with van der Waals surface area (Å²) in [6.45, 7) is 0. The lowest BCUT2D eigenvalue weighted by atomic mass is 10.1. The van der Waals surface area contributed by atoms with Crippen LogP contribution < -0.4 is 9.47 Å². The normalized spacial score (nSPS) is 12.5. The molecule has 2 aromatic carbocycles. The van der Waals surface area contributed by atoms with E-state index in [0.29, 0.717) is 22.3 Å². The Morgan fingerprint density at radius 3 is 1.97 bits per heavy atom. The molecule has 29 heavy (non-hydrogen) atoms. The molecule has 8 heteroatoms. The van der Waals surface area contributed by atoms with Gasteiger partial charge >= 0.3 is 5.97 Å². The van der Waals surface area contributed by atoms with Crippen LogP contribution in [-0.2, 0) is 4.84 Å². The van der Waals surface area contributed by atoms with E-state index < -0.39 is 17.8 Å². The molecular weight excluding hydrogens is 376 g/mol. The smallest absolute Gasteiger partial charge is 0.382 e. The number of carbonyl (C=O) groups excluding carboxylic acids is 3. The molecule has 0 spiro atoms. The van der Waals surface area contributed by atoms with E-state index in [-0.39, 0.29) is 16.8 Å². The molecule has 8 nitrogen and oxygen atoms in total. The SMILES string of the molecule is COc1ccc(Oc2ccc(C(=O)ON3C(=O)c4ccccc4C3=O)nc2)cc1. The van der Waals surface area contributed by atoms with Gasteiger partial charge in [-0.2, -0.15) is 0 Å². The number of hydrogen-bond acceptors (Lipinski definition) is 7. The highest BCUT2D eigenvalue weighted by Crippen LogP contribution is 2.25. The molecule has 0 saturated carbocycles. The van der Waals surface area contributed by atoms with Gasteiger partial charge in [0.15, 0.2) is 5.69 Å². The van der Waals surface area contributed by atoms with Crippen LogP contribution in [-0.4, -0.2) is 34.9 Å². The summed E-state index contributed by atoms with van der Waals surface area (Å²) in [6, 6.07) is 16.1. The predicted octanol–water partition coefficient (Wildman–Crippen LogP) is 3.25. The van der Waals surface area contributed by atoms with Crippen molar-refractivity contribution in [3.8, 4) is 17.2 Å². The van der Waals surface area contributed by atoms with E-state index in [1.165, 1.54) is 30.5 Å². The van der Waals surface area contributed by atoms with Crippen LogP contribution in [0.15, 0.2) is 66.9 Å². The molecule has 0 unspecified atom stereocenters. The van der Waals surface area contributed by atoms with Crippen LogP contribution in [0.1, 0.15) is 31.2 Å². The number of amides is 2. The minimum atomic E-state index is -0.935. The molecule has 2 amide bonds. The third-order valence-corrected chi connectivity index (χ3v) is 4.17. The Balaban J connectivity index is 1.43. The van der Waals surface area contributed by atoms with Crippen molar-refractivity contribution < 1.29 is 28.7 Å². The zero-order valence-corrected chi connectivity index (χ0v) is 15.2. The number of carbonyl (C=O) groups is 3. The lowest BCUT2D eigenvalue weighted by Crippen LogP contribution is -2.32. The monoisotopic (exact) mass is 390 g/mol. The average molecular weight is 390 g/mol. The molecule has 0 fully saturated rings. The predicted molar refractivity (Wildman–Crippen MR) is 99.7 cm³/mol. The van der Waals surface area contributed by atoms with Crippen LogP contribution in [0.3, 0.4) is 0 Å². The quantitative estimate of drug-likeness (QED) is 0.617. The van der Waals surface area contributed by atoms with Crippen LogP contribution in [0.2, 0.25) is 0 Å². The second kappa shape index (κ2) is 7.43. The molecule has 3 aromatic rings. The molecule has 0 aliphatic carbocycles. The fourth-order valence-corrected chi connectivity index (χ4v) is 2.72. The summed E-state index contributed by atoms with van der Waals surface area (Å²) in [5, 5.41) is 0.441. The number of hydroxylamine groups is 2. The van der Waals surface area contributed by atoms with Crippen molar-refractivity contribution in [2.24, 2.45) is 0 Å². The van der Waals surface area contributed by atoms with Crippen molar-refractivity contribution in [3.05, 3.63) is 83.7 Å². The molecule has 1 aliphatic rings. The zero-order valence-electron chi connectivity index (χ0n) is 15.2. The first kappa shape index (κ1) is 18.2. The Labute approximate surface area is 165 Å². The number of pyridine rings is 1. The second-order valence-corrected chi connectivity index (χ2v) is 5.99. The van der Waals surface area contributed by atoms with Gasteiger partial charge in [0, 0.05) is 0 Å². The summed E-state index contributed by atoms with van der Waals surface area (Å²) in [4.78, 5) is 45.8. The van der Waals surface area contributed by atoms with E-state index in [9.17, 15) is 14.4 Å². The van der Waals surface area contributed by atoms with Gasteiger partial charge in [-0.3, -0.25) is 9.59 Å². The van der Waals surface area contributed by atoms with E-state index >= 15 is 0 Å². The molecule has 4 rings (SSSR count). The highest BCUT2D eigenvalue weighted by Gasteiger charge is 2.38. The first-order valence-corrected chi connectivity index (χ1v) is 8.55. The standard InChI is InChI=1S/C21H14N2O6/c1-27-13-6-8-14(9-7-13)28-15-10-11-18(22-12-15)21(26)29-23-19(24)16-4-2-3-5-17(16)20(23)25/h2-12H,1H3. The van der Waals surface area contributed by atoms with Gasteiger partial charge in [0.05, 0.1) is 24.4 Å². The lowest BCUT2D eigenvalue weighted by Gasteiger charge is -2.12. The molecule has 1 aliphatic heterocycles. The Bertz CT molecular complexity index is 1060. The molecule has 1 aromatic heterocycles. The Morgan fingerprint density at radius 2 is 1.41 bits per heavy atom. The Hall–Kier alpha value is -4.20. The lowest BCUT2D eigenvalue weighted by molar-refractivity contribution is -0.0588. The number of rotatable bonds is 5. The molecule has 0 radical (unpaired) electrons.